The number of alkyl halides is 1. The standard InChI is InChI=1S/C24H22INO2/c1-24(2,25)23(27)28-17-13-11-16(12-14-17)26-15-22-20-9-5-3-7-18(20)19-8-4-6-10-21(19)22/h3-14,22,26H,15H2,1-2H3/p+1. The smallest absolute Gasteiger partial charge is 0.326 e. The van der Waals surface area contributed by atoms with Crippen LogP contribution in [0.2, 0.25) is 0 Å². The highest BCUT2D eigenvalue weighted by molar-refractivity contribution is 14.1. The molecule has 0 saturated carbocycles. The van der Waals surface area contributed by atoms with Crippen LogP contribution in [0.4, 0.5) is 5.69 Å². The van der Waals surface area contributed by atoms with Crippen molar-refractivity contribution in [1.82, 2.24) is 0 Å². The third kappa shape index (κ3) is 3.84. The van der Waals surface area contributed by atoms with Crippen molar-refractivity contribution >= 4 is 34.2 Å². The van der Waals surface area contributed by atoms with Gasteiger partial charge in [-0.3, -0.25) is 4.79 Å². The van der Waals surface area contributed by atoms with Crippen LogP contribution in [0.5, 0.6) is 5.75 Å². The number of carbonyl (C=O) groups is 1. The summed E-state index contributed by atoms with van der Waals surface area (Å²) in [7, 11) is 0. The first-order chi connectivity index (χ1) is 13.4. The quantitative estimate of drug-likeness (QED) is 0.186. The van der Waals surface area contributed by atoms with Gasteiger partial charge in [-0.25, -0.2) is 0 Å². The Labute approximate surface area is 179 Å². The predicted octanol–water partition coefficient (Wildman–Crippen LogP) is 4.81. The second-order valence-electron chi connectivity index (χ2n) is 7.60. The van der Waals surface area contributed by atoms with Gasteiger partial charge in [0.15, 0.2) is 0 Å². The molecule has 3 aromatic rings. The highest BCUT2D eigenvalue weighted by Gasteiger charge is 2.29. The maximum atomic E-state index is 12.0. The van der Waals surface area contributed by atoms with Crippen LogP contribution in [0.3, 0.4) is 0 Å². The lowest BCUT2D eigenvalue weighted by atomic mass is 9.97. The first-order valence-electron chi connectivity index (χ1n) is 9.46. The molecule has 0 aliphatic heterocycles. The van der Waals surface area contributed by atoms with Gasteiger partial charge >= 0.3 is 5.97 Å². The fraction of sp³-hybridized carbons (Fsp3) is 0.208. The molecule has 142 valence electrons. The van der Waals surface area contributed by atoms with E-state index >= 15 is 0 Å². The second kappa shape index (κ2) is 7.68. The normalized spacial score (nSPS) is 13.1. The Hall–Kier alpha value is -2.18. The highest BCUT2D eigenvalue weighted by Crippen LogP contribution is 2.43. The number of nitrogens with two attached hydrogens (primary N) is 1. The zero-order valence-corrected chi connectivity index (χ0v) is 18.1. The third-order valence-electron chi connectivity index (χ3n) is 5.13. The molecule has 0 spiro atoms. The molecule has 1 aliphatic carbocycles. The van der Waals surface area contributed by atoms with Gasteiger partial charge in [-0.2, -0.15) is 0 Å². The fourth-order valence-electron chi connectivity index (χ4n) is 3.67. The molecule has 28 heavy (non-hydrogen) atoms. The second-order valence-corrected chi connectivity index (χ2v) is 10.3. The number of quaternary nitrogens is 1. The minimum Gasteiger partial charge on any atom is -0.426 e. The van der Waals surface area contributed by atoms with Crippen LogP contribution in [0, 0.1) is 0 Å². The van der Waals surface area contributed by atoms with Crippen LogP contribution in [0.25, 0.3) is 11.1 Å². The van der Waals surface area contributed by atoms with E-state index in [4.69, 9.17) is 4.74 Å². The van der Waals surface area contributed by atoms with Crippen molar-refractivity contribution in [2.24, 2.45) is 0 Å². The van der Waals surface area contributed by atoms with Gasteiger partial charge in [0.2, 0.25) is 0 Å². The fourth-order valence-corrected chi connectivity index (χ4v) is 3.78. The van der Waals surface area contributed by atoms with E-state index in [2.05, 4.69) is 76.4 Å². The van der Waals surface area contributed by atoms with Crippen molar-refractivity contribution in [2.45, 2.75) is 23.2 Å². The van der Waals surface area contributed by atoms with E-state index in [0.717, 1.165) is 12.2 Å². The van der Waals surface area contributed by atoms with E-state index in [1.54, 1.807) is 0 Å². The number of benzene rings is 3. The molecule has 2 N–H and O–H groups in total. The summed E-state index contributed by atoms with van der Waals surface area (Å²) in [5, 5.41) is 2.26. The Bertz CT molecular complexity index is 960. The van der Waals surface area contributed by atoms with Gasteiger partial charge in [0.25, 0.3) is 0 Å². The highest BCUT2D eigenvalue weighted by atomic mass is 127. The molecular formula is C24H23INO2+. The lowest BCUT2D eigenvalue weighted by molar-refractivity contribution is -0.573. The third-order valence-corrected chi connectivity index (χ3v) is 5.57. The summed E-state index contributed by atoms with van der Waals surface area (Å²) in [4.78, 5) is 12.0. The molecule has 3 aromatic carbocycles. The summed E-state index contributed by atoms with van der Waals surface area (Å²) < 4.78 is 4.91. The minimum atomic E-state index is -0.536. The molecule has 0 aromatic heterocycles. The summed E-state index contributed by atoms with van der Waals surface area (Å²) in [6.45, 7) is 4.62. The van der Waals surface area contributed by atoms with Crippen LogP contribution >= 0.6 is 22.6 Å². The summed E-state index contributed by atoms with van der Waals surface area (Å²) in [6.07, 6.45) is 0. The number of ether oxygens (including phenoxy) is 1. The van der Waals surface area contributed by atoms with Crippen LogP contribution in [0.1, 0.15) is 30.9 Å². The van der Waals surface area contributed by atoms with E-state index in [1.807, 2.05) is 38.1 Å². The van der Waals surface area contributed by atoms with Crippen molar-refractivity contribution in [1.29, 1.82) is 0 Å². The molecule has 1 aliphatic rings. The predicted molar refractivity (Wildman–Crippen MR) is 120 cm³/mol. The van der Waals surface area contributed by atoms with E-state index in [9.17, 15) is 4.79 Å². The molecule has 4 heteroatoms. The molecule has 0 saturated heterocycles. The number of esters is 1. The maximum absolute atomic E-state index is 12.0. The van der Waals surface area contributed by atoms with Crippen molar-refractivity contribution in [3.05, 3.63) is 83.9 Å². The van der Waals surface area contributed by atoms with Gasteiger partial charge in [0.05, 0.1) is 12.5 Å². The van der Waals surface area contributed by atoms with Crippen LogP contribution in [-0.2, 0) is 4.79 Å². The monoisotopic (exact) mass is 484 g/mol. The zero-order valence-electron chi connectivity index (χ0n) is 16.0. The number of rotatable bonds is 5. The topological polar surface area (TPSA) is 42.9 Å². The first kappa shape index (κ1) is 19.2. The molecular weight excluding hydrogens is 461 g/mol. The summed E-state index contributed by atoms with van der Waals surface area (Å²) in [6, 6.07) is 25.1. The van der Waals surface area contributed by atoms with Crippen molar-refractivity contribution in [2.75, 3.05) is 6.54 Å². The molecule has 0 fully saturated rings. The Morgan fingerprint density at radius 3 is 2.00 bits per heavy atom. The molecule has 0 unspecified atom stereocenters. The number of hydrogen-bond acceptors (Lipinski definition) is 2. The van der Waals surface area contributed by atoms with Crippen LogP contribution in [0.15, 0.2) is 72.8 Å². The number of halogens is 1. The lowest BCUT2D eigenvalue weighted by Crippen LogP contribution is -2.79. The van der Waals surface area contributed by atoms with Crippen molar-refractivity contribution < 1.29 is 14.8 Å². The molecule has 0 amide bonds. The number of fused-ring (bicyclic) bond motifs is 3. The Balaban J connectivity index is 1.47. The van der Waals surface area contributed by atoms with E-state index in [1.165, 1.54) is 22.3 Å². The van der Waals surface area contributed by atoms with E-state index in [-0.39, 0.29) is 5.97 Å². The zero-order chi connectivity index (χ0) is 19.7. The average molecular weight is 484 g/mol. The van der Waals surface area contributed by atoms with Gasteiger partial charge in [0.1, 0.15) is 14.9 Å². The average Bonchev–Trinajstić information content (AvgIpc) is 3.01. The Kier molecular flexibility index (Phi) is 5.25. The lowest BCUT2D eigenvalue weighted by Gasteiger charge is -2.15. The minimum absolute atomic E-state index is 0.232. The molecule has 3 nitrogen and oxygen atoms in total. The molecule has 0 heterocycles. The molecule has 0 radical (unpaired) electrons. The first-order valence-corrected chi connectivity index (χ1v) is 10.5. The number of hydrogen-bond donors (Lipinski definition) is 1. The van der Waals surface area contributed by atoms with Crippen molar-refractivity contribution in [3.63, 3.8) is 0 Å². The summed E-state index contributed by atoms with van der Waals surface area (Å²) >= 11 is 2.09. The largest absolute Gasteiger partial charge is 0.426 e. The number of carbonyl (C=O) groups excluding carboxylic acids is 1. The molecule has 0 bridgehead atoms. The summed E-state index contributed by atoms with van der Waals surface area (Å²) in [5.74, 6) is 0.733. The Morgan fingerprint density at radius 2 is 1.46 bits per heavy atom. The molecule has 0 atom stereocenters. The Morgan fingerprint density at radius 1 is 0.929 bits per heavy atom. The van der Waals surface area contributed by atoms with Gasteiger partial charge in [-0.15, -0.1) is 0 Å². The van der Waals surface area contributed by atoms with Gasteiger partial charge in [-0.1, -0.05) is 71.1 Å². The van der Waals surface area contributed by atoms with Crippen molar-refractivity contribution in [3.8, 4) is 16.9 Å². The van der Waals surface area contributed by atoms with Gasteiger partial charge in [0, 0.05) is 12.1 Å². The summed E-state index contributed by atoms with van der Waals surface area (Å²) in [5.41, 5.74) is 6.63. The van der Waals surface area contributed by atoms with E-state index < -0.39 is 3.42 Å². The maximum Gasteiger partial charge on any atom is 0.326 e. The molecule has 4 rings (SSSR count). The van der Waals surface area contributed by atoms with Crippen LogP contribution < -0.4 is 10.1 Å². The van der Waals surface area contributed by atoms with Gasteiger partial charge < -0.3 is 10.1 Å². The van der Waals surface area contributed by atoms with Gasteiger partial charge in [-0.05, 0) is 48.2 Å². The SMILES string of the molecule is CC(C)(I)C(=O)Oc1ccc([NH2+]CC2c3ccccc3-c3ccccc32)cc1. The van der Waals surface area contributed by atoms with Crippen LogP contribution in [-0.4, -0.2) is 15.9 Å². The van der Waals surface area contributed by atoms with E-state index in [0.29, 0.717) is 11.7 Å².